The molecule has 0 radical (unpaired) electrons. The molecule has 1 aromatic carbocycles. The molecule has 2 heteroatoms. The first-order chi connectivity index (χ1) is 9.97. The third kappa shape index (κ3) is 3.49. The van der Waals surface area contributed by atoms with Crippen LogP contribution in [0.3, 0.4) is 0 Å². The lowest BCUT2D eigenvalue weighted by Crippen LogP contribution is -2.68. The van der Waals surface area contributed by atoms with E-state index in [2.05, 4.69) is 69.1 Å². The molecule has 0 amide bonds. The van der Waals surface area contributed by atoms with Crippen LogP contribution in [-0.2, 0) is 6.54 Å². The Kier molecular flexibility index (Phi) is 5.11. The SMILES string of the molecule is CCC1(C)CN(Cc2ccc(C)cc2)C(CC)(CC)CN1. The number of aryl methyl sites for hydroxylation is 1. The second-order valence-electron chi connectivity index (χ2n) is 7.04. The molecule has 21 heavy (non-hydrogen) atoms. The van der Waals surface area contributed by atoms with Crippen molar-refractivity contribution in [2.45, 2.75) is 71.5 Å². The molecule has 2 nitrogen and oxygen atoms in total. The summed E-state index contributed by atoms with van der Waals surface area (Å²) in [5.41, 5.74) is 3.33. The minimum atomic E-state index is 0.249. The molecule has 1 aliphatic rings. The van der Waals surface area contributed by atoms with Gasteiger partial charge in [0, 0.05) is 30.7 Å². The van der Waals surface area contributed by atoms with Crippen LogP contribution in [0.1, 0.15) is 58.1 Å². The van der Waals surface area contributed by atoms with Crippen LogP contribution in [0.2, 0.25) is 0 Å². The largest absolute Gasteiger partial charge is 0.308 e. The van der Waals surface area contributed by atoms with Gasteiger partial charge in [-0.15, -0.1) is 0 Å². The average molecular weight is 288 g/mol. The Labute approximate surface area is 130 Å². The van der Waals surface area contributed by atoms with Gasteiger partial charge in [-0.2, -0.15) is 0 Å². The lowest BCUT2D eigenvalue weighted by Gasteiger charge is -2.53. The fourth-order valence-electron chi connectivity index (χ4n) is 3.46. The van der Waals surface area contributed by atoms with Crippen molar-refractivity contribution >= 4 is 0 Å². The van der Waals surface area contributed by atoms with E-state index in [1.54, 1.807) is 0 Å². The first kappa shape index (κ1) is 16.5. The highest BCUT2D eigenvalue weighted by molar-refractivity contribution is 5.22. The minimum Gasteiger partial charge on any atom is -0.308 e. The summed E-state index contributed by atoms with van der Waals surface area (Å²) in [6.45, 7) is 14.8. The van der Waals surface area contributed by atoms with Crippen molar-refractivity contribution in [2.75, 3.05) is 13.1 Å². The zero-order valence-corrected chi connectivity index (χ0v) is 14.5. The topological polar surface area (TPSA) is 15.3 Å². The monoisotopic (exact) mass is 288 g/mol. The maximum absolute atomic E-state index is 3.82. The molecule has 0 aliphatic carbocycles. The molecule has 0 saturated carbocycles. The Morgan fingerprint density at radius 3 is 2.19 bits per heavy atom. The normalized spacial score (nSPS) is 26.0. The lowest BCUT2D eigenvalue weighted by atomic mass is 9.82. The molecule has 1 saturated heterocycles. The number of nitrogens with one attached hydrogen (secondary N) is 1. The van der Waals surface area contributed by atoms with Crippen molar-refractivity contribution < 1.29 is 0 Å². The van der Waals surface area contributed by atoms with Gasteiger partial charge in [-0.05, 0) is 38.7 Å². The highest BCUT2D eigenvalue weighted by Gasteiger charge is 2.42. The van der Waals surface area contributed by atoms with Gasteiger partial charge in [0.15, 0.2) is 0 Å². The Morgan fingerprint density at radius 2 is 1.67 bits per heavy atom. The van der Waals surface area contributed by atoms with Crippen molar-refractivity contribution in [1.82, 2.24) is 10.2 Å². The van der Waals surface area contributed by atoms with E-state index in [1.165, 1.54) is 30.4 Å². The first-order valence-corrected chi connectivity index (χ1v) is 8.52. The van der Waals surface area contributed by atoms with Crippen LogP contribution < -0.4 is 5.32 Å². The Morgan fingerprint density at radius 1 is 1.05 bits per heavy atom. The van der Waals surface area contributed by atoms with E-state index in [-0.39, 0.29) is 5.54 Å². The predicted molar refractivity (Wildman–Crippen MR) is 91.6 cm³/mol. The number of hydrogen-bond acceptors (Lipinski definition) is 2. The van der Waals surface area contributed by atoms with Crippen molar-refractivity contribution in [3.05, 3.63) is 35.4 Å². The zero-order valence-electron chi connectivity index (χ0n) is 14.5. The van der Waals surface area contributed by atoms with Crippen molar-refractivity contribution in [2.24, 2.45) is 0 Å². The summed E-state index contributed by atoms with van der Waals surface area (Å²) in [5, 5.41) is 3.82. The van der Waals surface area contributed by atoms with E-state index in [0.717, 1.165) is 19.6 Å². The number of piperazine rings is 1. The van der Waals surface area contributed by atoms with Crippen molar-refractivity contribution in [1.29, 1.82) is 0 Å². The number of nitrogens with zero attached hydrogens (tertiary/aromatic N) is 1. The van der Waals surface area contributed by atoms with Crippen LogP contribution in [0.15, 0.2) is 24.3 Å². The van der Waals surface area contributed by atoms with Crippen LogP contribution in [0.4, 0.5) is 0 Å². The minimum absolute atomic E-state index is 0.249. The molecule has 1 fully saturated rings. The third-order valence-corrected chi connectivity index (χ3v) is 5.65. The van der Waals surface area contributed by atoms with E-state index in [4.69, 9.17) is 0 Å². The van der Waals surface area contributed by atoms with Crippen LogP contribution in [-0.4, -0.2) is 29.1 Å². The van der Waals surface area contributed by atoms with E-state index in [0.29, 0.717) is 5.54 Å². The van der Waals surface area contributed by atoms with Gasteiger partial charge in [0.1, 0.15) is 0 Å². The van der Waals surface area contributed by atoms with Gasteiger partial charge in [0.25, 0.3) is 0 Å². The fraction of sp³-hybridized carbons (Fsp3) is 0.684. The smallest absolute Gasteiger partial charge is 0.0333 e. The summed E-state index contributed by atoms with van der Waals surface area (Å²) in [6.07, 6.45) is 3.60. The van der Waals surface area contributed by atoms with Gasteiger partial charge in [0.2, 0.25) is 0 Å². The standard InChI is InChI=1S/C19H32N2/c1-6-18(5)15-21(19(7-2,8-3)14-20-18)13-17-11-9-16(4)10-12-17/h9-12,20H,6-8,13-15H2,1-5H3. The molecule has 2 rings (SSSR count). The predicted octanol–water partition coefficient (Wildman–Crippen LogP) is 4.13. The molecule has 1 aromatic rings. The average Bonchev–Trinajstić information content (AvgIpc) is 2.51. The van der Waals surface area contributed by atoms with Gasteiger partial charge in [-0.25, -0.2) is 0 Å². The van der Waals surface area contributed by atoms with E-state index >= 15 is 0 Å². The molecule has 0 aromatic heterocycles. The highest BCUT2D eigenvalue weighted by Crippen LogP contribution is 2.32. The number of benzene rings is 1. The summed E-state index contributed by atoms with van der Waals surface area (Å²) < 4.78 is 0. The van der Waals surface area contributed by atoms with Crippen LogP contribution in [0.25, 0.3) is 0 Å². The zero-order chi connectivity index (χ0) is 15.5. The second-order valence-corrected chi connectivity index (χ2v) is 7.04. The molecule has 1 N–H and O–H groups in total. The summed E-state index contributed by atoms with van der Waals surface area (Å²) in [6, 6.07) is 9.04. The van der Waals surface area contributed by atoms with Gasteiger partial charge in [-0.3, -0.25) is 4.90 Å². The maximum Gasteiger partial charge on any atom is 0.0333 e. The molecule has 1 heterocycles. The van der Waals surface area contributed by atoms with Crippen LogP contribution in [0.5, 0.6) is 0 Å². The lowest BCUT2D eigenvalue weighted by molar-refractivity contribution is -0.00407. The second kappa shape index (κ2) is 6.50. The quantitative estimate of drug-likeness (QED) is 0.876. The Balaban J connectivity index is 2.22. The summed E-state index contributed by atoms with van der Waals surface area (Å²) in [4.78, 5) is 2.73. The molecular weight excluding hydrogens is 256 g/mol. The maximum atomic E-state index is 3.82. The summed E-state index contributed by atoms with van der Waals surface area (Å²) in [5.74, 6) is 0. The molecule has 118 valence electrons. The summed E-state index contributed by atoms with van der Waals surface area (Å²) >= 11 is 0. The number of rotatable bonds is 5. The number of hydrogen-bond donors (Lipinski definition) is 1. The van der Waals surface area contributed by atoms with Crippen LogP contribution in [0, 0.1) is 6.92 Å². The first-order valence-electron chi connectivity index (χ1n) is 8.52. The Hall–Kier alpha value is -0.860. The highest BCUT2D eigenvalue weighted by atomic mass is 15.3. The van der Waals surface area contributed by atoms with Gasteiger partial charge in [-0.1, -0.05) is 50.6 Å². The molecule has 0 spiro atoms. The van der Waals surface area contributed by atoms with Crippen molar-refractivity contribution in [3.8, 4) is 0 Å². The van der Waals surface area contributed by atoms with E-state index in [9.17, 15) is 0 Å². The third-order valence-electron chi connectivity index (χ3n) is 5.65. The fourth-order valence-corrected chi connectivity index (χ4v) is 3.46. The van der Waals surface area contributed by atoms with Crippen LogP contribution >= 0.6 is 0 Å². The Bertz CT molecular complexity index is 447. The molecule has 1 unspecified atom stereocenters. The van der Waals surface area contributed by atoms with E-state index in [1.807, 2.05) is 0 Å². The van der Waals surface area contributed by atoms with Gasteiger partial charge in [0.05, 0.1) is 0 Å². The van der Waals surface area contributed by atoms with Gasteiger partial charge < -0.3 is 5.32 Å². The van der Waals surface area contributed by atoms with Crippen molar-refractivity contribution in [3.63, 3.8) is 0 Å². The summed E-state index contributed by atoms with van der Waals surface area (Å²) in [7, 11) is 0. The molecule has 0 bridgehead atoms. The molecule has 1 atom stereocenters. The van der Waals surface area contributed by atoms with Gasteiger partial charge >= 0.3 is 0 Å². The van der Waals surface area contributed by atoms with E-state index < -0.39 is 0 Å². The molecular formula is C19H32N2. The molecule has 1 aliphatic heterocycles.